The van der Waals surface area contributed by atoms with Crippen molar-refractivity contribution >= 4 is 0 Å². The van der Waals surface area contributed by atoms with Crippen LogP contribution in [0.2, 0.25) is 0 Å². The van der Waals surface area contributed by atoms with Crippen LogP contribution in [0.4, 0.5) is 0 Å². The molecule has 16 heavy (non-hydrogen) atoms. The summed E-state index contributed by atoms with van der Waals surface area (Å²) in [5.74, 6) is 0. The van der Waals surface area contributed by atoms with E-state index in [2.05, 4.69) is 10.1 Å². The minimum Gasteiger partial charge on any atom is -0.390 e. The molecule has 0 saturated heterocycles. The van der Waals surface area contributed by atoms with E-state index in [0.717, 1.165) is 0 Å². The molecule has 88 valence electrons. The van der Waals surface area contributed by atoms with Crippen LogP contribution in [-0.2, 0) is 27.3 Å². The van der Waals surface area contributed by atoms with Crippen molar-refractivity contribution in [3.05, 3.63) is 36.2 Å². The summed E-state index contributed by atoms with van der Waals surface area (Å²) in [6.45, 7) is 0.0572. The fraction of sp³-hybridized carbons (Fsp3) is 0.400. The summed E-state index contributed by atoms with van der Waals surface area (Å²) in [6, 6.07) is 1.78. The topological polar surface area (TPSA) is 76.1 Å². The summed E-state index contributed by atoms with van der Waals surface area (Å²) in [7, 11) is 3.69. The predicted molar refractivity (Wildman–Crippen MR) is 58.3 cm³/mol. The van der Waals surface area contributed by atoms with E-state index in [1.54, 1.807) is 34.0 Å². The van der Waals surface area contributed by atoms with E-state index in [1.165, 1.54) is 0 Å². The Balaban J connectivity index is 0.000000160. The predicted octanol–water partition coefficient (Wildman–Crippen LogP) is -0.175. The molecule has 2 N–H and O–H groups in total. The molecule has 2 rings (SSSR count). The molecule has 6 nitrogen and oxygen atoms in total. The molecular weight excluding hydrogens is 208 g/mol. The third kappa shape index (κ3) is 3.84. The van der Waals surface area contributed by atoms with Gasteiger partial charge in [-0.3, -0.25) is 4.68 Å². The fourth-order valence-corrected chi connectivity index (χ4v) is 1.10. The van der Waals surface area contributed by atoms with Gasteiger partial charge >= 0.3 is 0 Å². The molecule has 0 unspecified atom stereocenters. The number of hydrogen-bond acceptors (Lipinski definition) is 4. The molecule has 6 heteroatoms. The average molecular weight is 224 g/mol. The van der Waals surface area contributed by atoms with Crippen molar-refractivity contribution in [3.8, 4) is 0 Å². The Hall–Kier alpha value is -1.66. The van der Waals surface area contributed by atoms with Crippen LogP contribution in [0.3, 0.4) is 0 Å². The van der Waals surface area contributed by atoms with E-state index in [0.29, 0.717) is 11.4 Å². The summed E-state index contributed by atoms with van der Waals surface area (Å²) in [6.07, 6.45) is 5.23. The zero-order chi connectivity index (χ0) is 12.0. The molecule has 0 amide bonds. The van der Waals surface area contributed by atoms with Gasteiger partial charge in [-0.2, -0.15) is 5.10 Å². The van der Waals surface area contributed by atoms with Gasteiger partial charge in [0, 0.05) is 26.5 Å². The van der Waals surface area contributed by atoms with Gasteiger partial charge in [0.05, 0.1) is 30.9 Å². The Morgan fingerprint density at radius 3 is 2.12 bits per heavy atom. The summed E-state index contributed by atoms with van der Waals surface area (Å²) < 4.78 is 3.46. The molecule has 2 aromatic heterocycles. The maximum atomic E-state index is 8.48. The third-order valence-electron chi connectivity index (χ3n) is 1.85. The first-order valence-electron chi connectivity index (χ1n) is 4.82. The highest BCUT2D eigenvalue weighted by Crippen LogP contribution is 1.91. The molecule has 0 fully saturated rings. The summed E-state index contributed by atoms with van der Waals surface area (Å²) >= 11 is 0. The zero-order valence-corrected chi connectivity index (χ0v) is 9.41. The van der Waals surface area contributed by atoms with Crippen LogP contribution < -0.4 is 0 Å². The summed E-state index contributed by atoms with van der Waals surface area (Å²) in [5, 5.41) is 20.8. The first-order valence-corrected chi connectivity index (χ1v) is 4.82. The molecule has 0 aliphatic rings. The van der Waals surface area contributed by atoms with Crippen molar-refractivity contribution < 1.29 is 10.2 Å². The number of aromatic nitrogens is 4. The van der Waals surface area contributed by atoms with Crippen LogP contribution in [0.1, 0.15) is 11.4 Å². The van der Waals surface area contributed by atoms with Crippen LogP contribution in [-0.4, -0.2) is 29.5 Å². The minimum absolute atomic E-state index is 0.0286. The van der Waals surface area contributed by atoms with Gasteiger partial charge in [-0.1, -0.05) is 0 Å². The van der Waals surface area contributed by atoms with Crippen molar-refractivity contribution in [1.29, 1.82) is 0 Å². The molecule has 0 saturated carbocycles. The Morgan fingerprint density at radius 2 is 1.88 bits per heavy atom. The highest BCUT2D eigenvalue weighted by atomic mass is 16.3. The van der Waals surface area contributed by atoms with Crippen LogP contribution in [0.15, 0.2) is 24.8 Å². The van der Waals surface area contributed by atoms with Crippen molar-refractivity contribution in [3.63, 3.8) is 0 Å². The van der Waals surface area contributed by atoms with Crippen LogP contribution in [0, 0.1) is 0 Å². The third-order valence-corrected chi connectivity index (χ3v) is 1.85. The Kier molecular flexibility index (Phi) is 4.68. The first kappa shape index (κ1) is 12.4. The Labute approximate surface area is 93.8 Å². The maximum absolute atomic E-state index is 8.48. The molecule has 0 radical (unpaired) electrons. The lowest BCUT2D eigenvalue weighted by molar-refractivity contribution is 0.275. The smallest absolute Gasteiger partial charge is 0.0947 e. The van der Waals surface area contributed by atoms with Gasteiger partial charge in [0.25, 0.3) is 0 Å². The first-order chi connectivity index (χ1) is 7.65. The summed E-state index contributed by atoms with van der Waals surface area (Å²) in [4.78, 5) is 3.85. The molecule has 2 aromatic rings. The largest absolute Gasteiger partial charge is 0.390 e. The SMILES string of the molecule is Cn1ccc(CO)n1.Cn1cnc(CO)c1. The summed E-state index contributed by atoms with van der Waals surface area (Å²) in [5.41, 5.74) is 1.43. The van der Waals surface area contributed by atoms with Gasteiger partial charge in [-0.25, -0.2) is 4.98 Å². The molecule has 0 aliphatic heterocycles. The van der Waals surface area contributed by atoms with Gasteiger partial charge in [-0.05, 0) is 6.07 Å². The van der Waals surface area contributed by atoms with Crippen molar-refractivity contribution in [2.24, 2.45) is 14.1 Å². The van der Waals surface area contributed by atoms with Crippen LogP contribution in [0.5, 0.6) is 0 Å². The van der Waals surface area contributed by atoms with E-state index in [9.17, 15) is 0 Å². The average Bonchev–Trinajstić information content (AvgIpc) is 2.88. The molecule has 0 spiro atoms. The monoisotopic (exact) mass is 224 g/mol. The molecule has 0 aliphatic carbocycles. The van der Waals surface area contributed by atoms with Gasteiger partial charge < -0.3 is 14.8 Å². The molecule has 2 heterocycles. The maximum Gasteiger partial charge on any atom is 0.0947 e. The van der Waals surface area contributed by atoms with Gasteiger partial charge in [-0.15, -0.1) is 0 Å². The van der Waals surface area contributed by atoms with Crippen LogP contribution in [0.25, 0.3) is 0 Å². The second-order valence-electron chi connectivity index (χ2n) is 3.33. The van der Waals surface area contributed by atoms with Crippen LogP contribution >= 0.6 is 0 Å². The van der Waals surface area contributed by atoms with Crippen molar-refractivity contribution in [1.82, 2.24) is 19.3 Å². The lowest BCUT2D eigenvalue weighted by atomic mass is 10.5. The number of aliphatic hydroxyl groups is 2. The molecular formula is C10H16N4O2. The van der Waals surface area contributed by atoms with E-state index in [4.69, 9.17) is 10.2 Å². The van der Waals surface area contributed by atoms with E-state index in [-0.39, 0.29) is 13.2 Å². The fourth-order valence-electron chi connectivity index (χ4n) is 1.10. The highest BCUT2D eigenvalue weighted by molar-refractivity contribution is 4.95. The molecule has 0 aromatic carbocycles. The Morgan fingerprint density at radius 1 is 1.19 bits per heavy atom. The normalized spacial score (nSPS) is 9.75. The Bertz CT molecular complexity index is 382. The second kappa shape index (κ2) is 6.04. The number of imidazole rings is 1. The van der Waals surface area contributed by atoms with Gasteiger partial charge in [0.2, 0.25) is 0 Å². The minimum atomic E-state index is 0.0286. The number of aliphatic hydroxyl groups excluding tert-OH is 2. The van der Waals surface area contributed by atoms with Crippen molar-refractivity contribution in [2.75, 3.05) is 0 Å². The highest BCUT2D eigenvalue weighted by Gasteiger charge is 1.90. The van der Waals surface area contributed by atoms with E-state index >= 15 is 0 Å². The van der Waals surface area contributed by atoms with E-state index in [1.807, 2.05) is 14.1 Å². The van der Waals surface area contributed by atoms with Gasteiger partial charge in [0.15, 0.2) is 0 Å². The molecule has 0 bridgehead atoms. The van der Waals surface area contributed by atoms with Crippen molar-refractivity contribution in [2.45, 2.75) is 13.2 Å². The number of rotatable bonds is 2. The quantitative estimate of drug-likeness (QED) is 0.742. The molecule has 0 atom stereocenters. The lowest BCUT2D eigenvalue weighted by Crippen LogP contribution is -1.89. The van der Waals surface area contributed by atoms with E-state index < -0.39 is 0 Å². The number of hydrogen-bond donors (Lipinski definition) is 2. The standard InChI is InChI=1S/2C5H8N2O/c1-7-2-5(3-8)6-4-7;1-7-3-2-5(4-8)6-7/h2,4,8H,3H2,1H3;2-3,8H,4H2,1H3. The zero-order valence-electron chi connectivity index (χ0n) is 9.41. The van der Waals surface area contributed by atoms with Gasteiger partial charge in [0.1, 0.15) is 0 Å². The second-order valence-corrected chi connectivity index (χ2v) is 3.33. The number of aryl methyl sites for hydroxylation is 2. The lowest BCUT2D eigenvalue weighted by Gasteiger charge is -1.83. The number of nitrogens with zero attached hydrogens (tertiary/aromatic N) is 4.